The number of nitriles is 1. The zero-order valence-electron chi connectivity index (χ0n) is 11.7. The van der Waals surface area contributed by atoms with Crippen molar-refractivity contribution in [2.24, 2.45) is 7.05 Å². The largest absolute Gasteiger partial charge is 0.508 e. The summed E-state index contributed by atoms with van der Waals surface area (Å²) in [4.78, 5) is 0. The lowest BCUT2D eigenvalue weighted by Gasteiger charge is -2.08. The molecular weight excluding hydrogens is 262 g/mol. The molecule has 0 unspecified atom stereocenters. The van der Waals surface area contributed by atoms with E-state index in [1.807, 2.05) is 48.0 Å². The zero-order chi connectivity index (χ0) is 14.8. The number of phenols is 1. The van der Waals surface area contributed by atoms with Gasteiger partial charge >= 0.3 is 0 Å². The topological polar surface area (TPSA) is 61.0 Å². The molecule has 0 fully saturated rings. The van der Waals surface area contributed by atoms with E-state index >= 15 is 0 Å². The van der Waals surface area contributed by atoms with Crippen LogP contribution in [0.2, 0.25) is 0 Å². The van der Waals surface area contributed by atoms with Crippen LogP contribution >= 0.6 is 0 Å². The number of hydrogen-bond donors (Lipinski definition) is 2. The van der Waals surface area contributed by atoms with E-state index in [9.17, 15) is 10.4 Å². The number of benzene rings is 2. The van der Waals surface area contributed by atoms with Crippen molar-refractivity contribution < 1.29 is 5.11 Å². The lowest BCUT2D eigenvalue weighted by atomic mass is 10.1. The summed E-state index contributed by atoms with van der Waals surface area (Å²) in [6.07, 6.45) is 0. The second-order valence-electron chi connectivity index (χ2n) is 4.91. The molecule has 1 heterocycles. The molecule has 0 atom stereocenters. The molecule has 2 aromatic carbocycles. The minimum atomic E-state index is 0.239. The molecule has 104 valence electrons. The predicted molar refractivity (Wildman–Crippen MR) is 83.1 cm³/mol. The van der Waals surface area contributed by atoms with Crippen LogP contribution in [0.25, 0.3) is 10.9 Å². The number of anilines is 1. The van der Waals surface area contributed by atoms with Crippen LogP contribution in [0, 0.1) is 11.3 Å². The Morgan fingerprint density at radius 1 is 1.14 bits per heavy atom. The number of rotatable bonds is 3. The molecule has 3 aromatic rings. The summed E-state index contributed by atoms with van der Waals surface area (Å²) < 4.78 is 2.04. The van der Waals surface area contributed by atoms with E-state index in [-0.39, 0.29) is 5.75 Å². The van der Waals surface area contributed by atoms with E-state index in [0.29, 0.717) is 12.1 Å². The van der Waals surface area contributed by atoms with Crippen molar-refractivity contribution in [1.29, 1.82) is 5.26 Å². The molecule has 0 aliphatic rings. The Bertz CT molecular complexity index is 826. The molecular formula is C17H15N3O. The third-order valence-electron chi connectivity index (χ3n) is 3.67. The summed E-state index contributed by atoms with van der Waals surface area (Å²) in [5, 5.41) is 23.0. The van der Waals surface area contributed by atoms with Gasteiger partial charge in [0.15, 0.2) is 0 Å². The number of nitrogens with one attached hydrogen (secondary N) is 1. The molecule has 21 heavy (non-hydrogen) atoms. The highest BCUT2D eigenvalue weighted by atomic mass is 16.3. The van der Waals surface area contributed by atoms with E-state index in [1.54, 1.807) is 12.1 Å². The van der Waals surface area contributed by atoms with E-state index in [4.69, 9.17) is 0 Å². The quantitative estimate of drug-likeness (QED) is 0.722. The molecule has 1 aromatic heterocycles. The van der Waals surface area contributed by atoms with Gasteiger partial charge < -0.3 is 15.0 Å². The van der Waals surface area contributed by atoms with E-state index in [1.165, 1.54) is 0 Å². The molecule has 2 N–H and O–H groups in total. The molecule has 0 aliphatic heterocycles. The molecule has 0 spiro atoms. The van der Waals surface area contributed by atoms with Crippen LogP contribution in [0.1, 0.15) is 11.3 Å². The van der Waals surface area contributed by atoms with Gasteiger partial charge in [0.2, 0.25) is 0 Å². The normalized spacial score (nSPS) is 10.5. The minimum absolute atomic E-state index is 0.239. The first-order chi connectivity index (χ1) is 10.2. The monoisotopic (exact) mass is 277 g/mol. The Morgan fingerprint density at radius 3 is 2.57 bits per heavy atom. The fourth-order valence-corrected chi connectivity index (χ4v) is 2.54. The highest BCUT2D eigenvalue weighted by Crippen LogP contribution is 2.25. The Labute approximate surface area is 122 Å². The maximum atomic E-state index is 9.44. The van der Waals surface area contributed by atoms with Crippen molar-refractivity contribution in [3.63, 3.8) is 0 Å². The van der Waals surface area contributed by atoms with E-state index in [0.717, 1.165) is 22.3 Å². The number of aryl methyl sites for hydroxylation is 1. The SMILES string of the molecule is Cn1c(CNc2ccc(O)cc2)c(C#N)c2ccccc21. The molecule has 0 bridgehead atoms. The van der Waals surface area contributed by atoms with Crippen molar-refractivity contribution in [3.05, 3.63) is 59.8 Å². The standard InChI is InChI=1S/C17H15N3O/c1-20-16-5-3-2-4-14(16)15(10-18)17(20)11-19-12-6-8-13(21)9-7-12/h2-9,19,21H,11H2,1H3. The Morgan fingerprint density at radius 2 is 1.86 bits per heavy atom. The summed E-state index contributed by atoms with van der Waals surface area (Å²) in [7, 11) is 1.97. The van der Waals surface area contributed by atoms with Gasteiger partial charge in [-0.3, -0.25) is 0 Å². The van der Waals surface area contributed by atoms with Crippen molar-refractivity contribution in [1.82, 2.24) is 4.57 Å². The summed E-state index contributed by atoms with van der Waals surface area (Å²) in [5.41, 5.74) is 3.62. The van der Waals surface area contributed by atoms with Gasteiger partial charge in [-0.05, 0) is 30.3 Å². The van der Waals surface area contributed by atoms with Crippen molar-refractivity contribution >= 4 is 16.6 Å². The van der Waals surface area contributed by atoms with Crippen molar-refractivity contribution in [2.45, 2.75) is 6.54 Å². The third-order valence-corrected chi connectivity index (χ3v) is 3.67. The lowest BCUT2D eigenvalue weighted by Crippen LogP contribution is -2.06. The average molecular weight is 277 g/mol. The lowest BCUT2D eigenvalue weighted by molar-refractivity contribution is 0.475. The third kappa shape index (κ3) is 2.30. The smallest absolute Gasteiger partial charge is 0.115 e. The van der Waals surface area contributed by atoms with Crippen LogP contribution in [-0.4, -0.2) is 9.67 Å². The van der Waals surface area contributed by atoms with Crippen molar-refractivity contribution in [3.8, 4) is 11.8 Å². The zero-order valence-corrected chi connectivity index (χ0v) is 11.7. The van der Waals surface area contributed by atoms with Gasteiger partial charge in [-0.1, -0.05) is 18.2 Å². The number of nitrogens with zero attached hydrogens (tertiary/aromatic N) is 2. The fraction of sp³-hybridized carbons (Fsp3) is 0.118. The molecule has 0 saturated carbocycles. The van der Waals surface area contributed by atoms with Crippen LogP contribution in [0.3, 0.4) is 0 Å². The summed E-state index contributed by atoms with van der Waals surface area (Å²) >= 11 is 0. The number of para-hydroxylation sites is 1. The van der Waals surface area contributed by atoms with Gasteiger partial charge in [-0.15, -0.1) is 0 Å². The van der Waals surface area contributed by atoms with Crippen LogP contribution in [0.5, 0.6) is 5.75 Å². The molecule has 0 saturated heterocycles. The average Bonchev–Trinajstić information content (AvgIpc) is 2.79. The van der Waals surface area contributed by atoms with Gasteiger partial charge in [0.1, 0.15) is 11.8 Å². The first-order valence-electron chi connectivity index (χ1n) is 6.70. The first-order valence-corrected chi connectivity index (χ1v) is 6.70. The van der Waals surface area contributed by atoms with Gasteiger partial charge in [0.05, 0.1) is 17.8 Å². The number of hydrogen-bond acceptors (Lipinski definition) is 3. The molecule has 0 aliphatic carbocycles. The van der Waals surface area contributed by atoms with Gasteiger partial charge in [-0.2, -0.15) is 5.26 Å². The second kappa shape index (κ2) is 5.22. The minimum Gasteiger partial charge on any atom is -0.508 e. The summed E-state index contributed by atoms with van der Waals surface area (Å²) in [6, 6.07) is 17.1. The Kier molecular flexibility index (Phi) is 3.25. The highest BCUT2D eigenvalue weighted by Gasteiger charge is 2.13. The van der Waals surface area contributed by atoms with Gasteiger partial charge in [0.25, 0.3) is 0 Å². The van der Waals surface area contributed by atoms with Gasteiger partial charge in [0, 0.05) is 23.6 Å². The second-order valence-corrected chi connectivity index (χ2v) is 4.91. The number of aromatic hydroxyl groups is 1. The molecule has 4 nitrogen and oxygen atoms in total. The van der Waals surface area contributed by atoms with Crippen molar-refractivity contribution in [2.75, 3.05) is 5.32 Å². The highest BCUT2D eigenvalue weighted by molar-refractivity contribution is 5.88. The predicted octanol–water partition coefficient (Wildman–Crippen LogP) is 3.37. The van der Waals surface area contributed by atoms with Crippen LogP contribution < -0.4 is 5.32 Å². The van der Waals surface area contributed by atoms with Crippen LogP contribution in [-0.2, 0) is 13.6 Å². The number of fused-ring (bicyclic) bond motifs is 1. The first kappa shape index (κ1) is 13.1. The van der Waals surface area contributed by atoms with Crippen LogP contribution in [0.4, 0.5) is 5.69 Å². The molecule has 0 amide bonds. The molecule has 3 rings (SSSR count). The maximum absolute atomic E-state index is 9.44. The molecule has 0 radical (unpaired) electrons. The number of phenolic OH excluding ortho intramolecular Hbond substituents is 1. The van der Waals surface area contributed by atoms with Crippen LogP contribution in [0.15, 0.2) is 48.5 Å². The summed E-state index contributed by atoms with van der Waals surface area (Å²) in [6.45, 7) is 0.554. The summed E-state index contributed by atoms with van der Waals surface area (Å²) in [5.74, 6) is 0.239. The van der Waals surface area contributed by atoms with E-state index < -0.39 is 0 Å². The fourth-order valence-electron chi connectivity index (χ4n) is 2.54. The van der Waals surface area contributed by atoms with E-state index in [2.05, 4.69) is 11.4 Å². The maximum Gasteiger partial charge on any atom is 0.115 e. The molecule has 4 heteroatoms. The number of aromatic nitrogens is 1. The van der Waals surface area contributed by atoms with Gasteiger partial charge in [-0.25, -0.2) is 0 Å². The Hall–Kier alpha value is -2.93. The Balaban J connectivity index is 1.95.